The molecule has 0 saturated heterocycles. The highest BCUT2D eigenvalue weighted by Gasteiger charge is 2.29. The maximum absolute atomic E-state index is 13.2. The standard InChI is InChI=1S/C23H23N3O5S/c1-10-7-8-11(2)13(9-10)17-15(19-18(27)14(12(3)32-19)22(29)31-6)16-20(24-17)25(4)23(30)26(5)21(16)28/h7-9,24,27H,1-6H3. The van der Waals surface area contributed by atoms with Gasteiger partial charge in [0.15, 0.2) is 0 Å². The van der Waals surface area contributed by atoms with Gasteiger partial charge in [0, 0.05) is 30.1 Å². The number of thiophene rings is 1. The Labute approximate surface area is 187 Å². The Kier molecular flexibility index (Phi) is 5.09. The average molecular weight is 454 g/mol. The lowest BCUT2D eigenvalue weighted by Crippen LogP contribution is -2.36. The number of carbonyl (C=O) groups excluding carboxylic acids is 1. The van der Waals surface area contributed by atoms with Gasteiger partial charge in [-0.15, -0.1) is 11.3 Å². The molecule has 166 valence electrons. The Morgan fingerprint density at radius 1 is 1.12 bits per heavy atom. The van der Waals surface area contributed by atoms with E-state index >= 15 is 0 Å². The van der Waals surface area contributed by atoms with Crippen molar-refractivity contribution in [2.24, 2.45) is 14.1 Å². The smallest absolute Gasteiger partial charge is 0.342 e. The first kappa shape index (κ1) is 21.6. The maximum Gasteiger partial charge on any atom is 0.342 e. The lowest BCUT2D eigenvalue weighted by molar-refractivity contribution is 0.0597. The molecule has 8 nitrogen and oxygen atoms in total. The highest BCUT2D eigenvalue weighted by molar-refractivity contribution is 7.16. The van der Waals surface area contributed by atoms with Crippen LogP contribution in [0.25, 0.3) is 32.7 Å². The molecule has 0 aliphatic rings. The maximum atomic E-state index is 13.2. The molecule has 0 bridgehead atoms. The fourth-order valence-corrected chi connectivity index (χ4v) is 5.09. The zero-order valence-corrected chi connectivity index (χ0v) is 19.4. The first-order chi connectivity index (χ1) is 15.1. The Hall–Kier alpha value is -3.59. The summed E-state index contributed by atoms with van der Waals surface area (Å²) in [5.74, 6) is -0.904. The predicted octanol–water partition coefficient (Wildman–Crippen LogP) is 3.38. The van der Waals surface area contributed by atoms with Crippen molar-refractivity contribution < 1.29 is 14.6 Å². The molecule has 0 unspecified atom stereocenters. The second-order valence-electron chi connectivity index (χ2n) is 7.83. The van der Waals surface area contributed by atoms with Crippen molar-refractivity contribution in [1.82, 2.24) is 14.1 Å². The molecule has 0 spiro atoms. The van der Waals surface area contributed by atoms with Crippen LogP contribution >= 0.6 is 11.3 Å². The average Bonchev–Trinajstić information content (AvgIpc) is 3.29. The summed E-state index contributed by atoms with van der Waals surface area (Å²) >= 11 is 1.19. The van der Waals surface area contributed by atoms with E-state index in [1.54, 1.807) is 14.0 Å². The number of hydrogen-bond acceptors (Lipinski definition) is 6. The number of nitrogens with zero attached hydrogens (tertiary/aromatic N) is 2. The first-order valence-corrected chi connectivity index (χ1v) is 10.7. The summed E-state index contributed by atoms with van der Waals surface area (Å²) in [6, 6.07) is 5.93. The van der Waals surface area contributed by atoms with E-state index in [0.29, 0.717) is 26.7 Å². The van der Waals surface area contributed by atoms with Crippen molar-refractivity contribution in [2.45, 2.75) is 20.8 Å². The SMILES string of the molecule is COC(=O)c1c(C)sc(-c2c(-c3cc(C)ccc3C)[nH]c3c2c(=O)n(C)c(=O)n3C)c1O. The number of aromatic nitrogens is 3. The number of aryl methyl sites for hydroxylation is 4. The molecule has 0 aliphatic heterocycles. The van der Waals surface area contributed by atoms with Crippen LogP contribution in [0.2, 0.25) is 0 Å². The molecular weight excluding hydrogens is 430 g/mol. The lowest BCUT2D eigenvalue weighted by atomic mass is 9.98. The highest BCUT2D eigenvalue weighted by Crippen LogP contribution is 2.48. The van der Waals surface area contributed by atoms with Crippen molar-refractivity contribution in [1.29, 1.82) is 0 Å². The molecular formula is C23H23N3O5S. The summed E-state index contributed by atoms with van der Waals surface area (Å²) < 4.78 is 7.23. The molecule has 0 saturated carbocycles. The number of aromatic hydroxyl groups is 1. The molecule has 0 amide bonds. The summed E-state index contributed by atoms with van der Waals surface area (Å²) in [5, 5.41) is 11.3. The number of ether oxygens (including phenoxy) is 1. The first-order valence-electron chi connectivity index (χ1n) is 9.88. The molecule has 32 heavy (non-hydrogen) atoms. The Bertz CT molecular complexity index is 1530. The Morgan fingerprint density at radius 3 is 2.47 bits per heavy atom. The van der Waals surface area contributed by atoms with Gasteiger partial charge in [0.25, 0.3) is 5.56 Å². The summed E-state index contributed by atoms with van der Waals surface area (Å²) in [4.78, 5) is 42.3. The number of esters is 1. The summed E-state index contributed by atoms with van der Waals surface area (Å²) in [6.07, 6.45) is 0. The van der Waals surface area contributed by atoms with Crippen LogP contribution in [0.15, 0.2) is 27.8 Å². The minimum absolute atomic E-state index is 0.0652. The Morgan fingerprint density at radius 2 is 1.81 bits per heavy atom. The van der Waals surface area contributed by atoms with E-state index in [4.69, 9.17) is 4.74 Å². The molecule has 0 fully saturated rings. The van der Waals surface area contributed by atoms with Gasteiger partial charge in [-0.05, 0) is 32.4 Å². The molecule has 2 N–H and O–H groups in total. The van der Waals surface area contributed by atoms with E-state index in [1.165, 1.54) is 30.1 Å². The van der Waals surface area contributed by atoms with Gasteiger partial charge >= 0.3 is 11.7 Å². The highest BCUT2D eigenvalue weighted by atomic mass is 32.1. The third-order valence-electron chi connectivity index (χ3n) is 5.75. The van der Waals surface area contributed by atoms with Crippen LogP contribution in [0.1, 0.15) is 26.4 Å². The molecule has 0 radical (unpaired) electrons. The quantitative estimate of drug-likeness (QED) is 0.463. The largest absolute Gasteiger partial charge is 0.505 e. The van der Waals surface area contributed by atoms with Crippen molar-refractivity contribution in [3.05, 3.63) is 60.6 Å². The molecule has 4 aromatic rings. The van der Waals surface area contributed by atoms with E-state index in [2.05, 4.69) is 4.98 Å². The zero-order chi connectivity index (χ0) is 23.5. The van der Waals surface area contributed by atoms with Crippen LogP contribution in [-0.2, 0) is 18.8 Å². The lowest BCUT2D eigenvalue weighted by Gasteiger charge is -2.09. The molecule has 4 rings (SSSR count). The number of H-pyrrole nitrogens is 1. The van der Waals surface area contributed by atoms with Gasteiger partial charge in [-0.25, -0.2) is 9.59 Å². The number of rotatable bonds is 3. The van der Waals surface area contributed by atoms with Crippen LogP contribution in [0, 0.1) is 20.8 Å². The second kappa shape index (κ2) is 7.52. The van der Waals surface area contributed by atoms with Gasteiger partial charge in [-0.1, -0.05) is 17.7 Å². The van der Waals surface area contributed by atoms with Gasteiger partial charge in [-0.2, -0.15) is 0 Å². The third-order valence-corrected chi connectivity index (χ3v) is 6.86. The van der Waals surface area contributed by atoms with E-state index in [0.717, 1.165) is 21.3 Å². The summed E-state index contributed by atoms with van der Waals surface area (Å²) in [7, 11) is 4.24. The monoisotopic (exact) mass is 453 g/mol. The van der Waals surface area contributed by atoms with Gasteiger partial charge in [0.1, 0.15) is 17.0 Å². The van der Waals surface area contributed by atoms with Crippen LogP contribution in [0.4, 0.5) is 0 Å². The number of fused-ring (bicyclic) bond motifs is 1. The molecule has 1 aromatic carbocycles. The van der Waals surface area contributed by atoms with E-state index in [9.17, 15) is 19.5 Å². The van der Waals surface area contributed by atoms with Crippen LogP contribution in [0.3, 0.4) is 0 Å². The van der Waals surface area contributed by atoms with Crippen molar-refractivity contribution in [3.63, 3.8) is 0 Å². The summed E-state index contributed by atoms with van der Waals surface area (Å²) in [6.45, 7) is 5.61. The normalized spacial score (nSPS) is 11.3. The number of nitrogens with one attached hydrogen (secondary N) is 1. The molecule has 0 atom stereocenters. The summed E-state index contributed by atoms with van der Waals surface area (Å²) in [5.41, 5.74) is 3.28. The van der Waals surface area contributed by atoms with Gasteiger partial charge in [-0.3, -0.25) is 13.9 Å². The Balaban J connectivity index is 2.24. The second-order valence-corrected chi connectivity index (χ2v) is 9.05. The van der Waals surface area contributed by atoms with Crippen LogP contribution in [-0.4, -0.2) is 32.3 Å². The number of carbonyl (C=O) groups is 1. The molecule has 3 heterocycles. The van der Waals surface area contributed by atoms with E-state index in [1.807, 2.05) is 32.0 Å². The minimum atomic E-state index is -0.657. The fourth-order valence-electron chi connectivity index (χ4n) is 4.00. The fraction of sp³-hybridized carbons (Fsp3) is 0.261. The third kappa shape index (κ3) is 3.00. The number of hydrogen-bond donors (Lipinski definition) is 2. The zero-order valence-electron chi connectivity index (χ0n) is 18.6. The van der Waals surface area contributed by atoms with E-state index in [-0.39, 0.29) is 16.7 Å². The van der Waals surface area contributed by atoms with E-state index < -0.39 is 17.2 Å². The van der Waals surface area contributed by atoms with Crippen molar-refractivity contribution in [2.75, 3.05) is 7.11 Å². The van der Waals surface area contributed by atoms with Crippen molar-refractivity contribution >= 4 is 28.3 Å². The number of methoxy groups -OCH3 is 1. The van der Waals surface area contributed by atoms with Crippen LogP contribution in [0.5, 0.6) is 5.75 Å². The van der Waals surface area contributed by atoms with Crippen LogP contribution < -0.4 is 11.2 Å². The van der Waals surface area contributed by atoms with Gasteiger partial charge < -0.3 is 14.8 Å². The predicted molar refractivity (Wildman–Crippen MR) is 125 cm³/mol. The molecule has 0 aliphatic carbocycles. The van der Waals surface area contributed by atoms with Gasteiger partial charge in [0.2, 0.25) is 0 Å². The molecule has 3 aromatic heterocycles. The van der Waals surface area contributed by atoms with Crippen molar-refractivity contribution in [3.8, 4) is 27.4 Å². The van der Waals surface area contributed by atoms with Gasteiger partial charge in [0.05, 0.1) is 23.1 Å². The number of benzene rings is 1. The minimum Gasteiger partial charge on any atom is -0.505 e. The number of aromatic amines is 1. The molecule has 9 heteroatoms. The topological polar surface area (TPSA) is 106 Å².